The Morgan fingerprint density at radius 3 is 2.44 bits per heavy atom. The Balaban J connectivity index is 1.93. The number of rotatable bonds is 4. The van der Waals surface area contributed by atoms with Gasteiger partial charge in [0.2, 0.25) is 0 Å². The van der Waals surface area contributed by atoms with Crippen molar-refractivity contribution in [3.8, 4) is 0 Å². The largest absolute Gasteiger partial charge is 0.396 e. The van der Waals surface area contributed by atoms with Crippen molar-refractivity contribution in [2.75, 3.05) is 6.61 Å². The van der Waals surface area contributed by atoms with Crippen LogP contribution in [-0.2, 0) is 6.54 Å². The first-order valence-electron chi connectivity index (χ1n) is 6.07. The van der Waals surface area contributed by atoms with E-state index in [4.69, 9.17) is 28.3 Å². The topological polar surface area (TPSA) is 52.5 Å². The molecule has 1 aromatic carbocycles. The molecule has 0 aliphatic heterocycles. The third kappa shape index (κ3) is 3.16. The van der Waals surface area contributed by atoms with Gasteiger partial charge in [-0.2, -0.15) is 0 Å². The van der Waals surface area contributed by atoms with Crippen LogP contribution in [0, 0.1) is 5.92 Å². The minimum Gasteiger partial charge on any atom is -0.396 e. The van der Waals surface area contributed by atoms with Crippen LogP contribution in [0.5, 0.6) is 0 Å². The number of aliphatic hydroxyl groups excluding tert-OH is 2. The van der Waals surface area contributed by atoms with Gasteiger partial charge in [0.1, 0.15) is 0 Å². The van der Waals surface area contributed by atoms with Gasteiger partial charge in [-0.05, 0) is 25.0 Å². The molecule has 3 N–H and O–H groups in total. The van der Waals surface area contributed by atoms with Gasteiger partial charge in [-0.15, -0.1) is 0 Å². The van der Waals surface area contributed by atoms with Crippen molar-refractivity contribution in [3.05, 3.63) is 33.8 Å². The molecular formula is C13H17Cl2NO2. The molecule has 0 amide bonds. The maximum absolute atomic E-state index is 9.71. The van der Waals surface area contributed by atoms with Gasteiger partial charge < -0.3 is 15.5 Å². The third-order valence-electron chi connectivity index (χ3n) is 3.52. The predicted octanol–water partition coefficient (Wildman–Crippen LogP) is 2.21. The smallest absolute Gasteiger partial charge is 0.0605 e. The summed E-state index contributed by atoms with van der Waals surface area (Å²) in [5, 5.41) is 23.4. The molecule has 0 saturated heterocycles. The molecule has 0 heterocycles. The third-order valence-corrected chi connectivity index (χ3v) is 4.23. The van der Waals surface area contributed by atoms with E-state index in [0.29, 0.717) is 23.0 Å². The van der Waals surface area contributed by atoms with Gasteiger partial charge in [0.25, 0.3) is 0 Å². The molecule has 18 heavy (non-hydrogen) atoms. The van der Waals surface area contributed by atoms with Crippen molar-refractivity contribution in [2.24, 2.45) is 5.92 Å². The molecule has 1 aliphatic carbocycles. The molecule has 0 radical (unpaired) electrons. The molecule has 0 bridgehead atoms. The van der Waals surface area contributed by atoms with Crippen LogP contribution in [0.4, 0.5) is 0 Å². The summed E-state index contributed by atoms with van der Waals surface area (Å²) in [6.07, 6.45) is 1.02. The molecule has 0 aromatic heterocycles. The Morgan fingerprint density at radius 1 is 1.22 bits per heavy atom. The zero-order chi connectivity index (χ0) is 13.1. The summed E-state index contributed by atoms with van der Waals surface area (Å²) in [5.41, 5.74) is 0.878. The van der Waals surface area contributed by atoms with E-state index in [1.807, 2.05) is 18.2 Å². The lowest BCUT2D eigenvalue weighted by Gasteiger charge is -2.14. The van der Waals surface area contributed by atoms with Gasteiger partial charge in [-0.1, -0.05) is 29.3 Å². The highest BCUT2D eigenvalue weighted by Gasteiger charge is 2.32. The fourth-order valence-electron chi connectivity index (χ4n) is 2.41. The molecule has 1 saturated carbocycles. The van der Waals surface area contributed by atoms with Gasteiger partial charge in [-0.25, -0.2) is 0 Å². The summed E-state index contributed by atoms with van der Waals surface area (Å²) in [7, 11) is 0. The van der Waals surface area contributed by atoms with E-state index >= 15 is 0 Å². The maximum atomic E-state index is 9.71. The molecule has 5 heteroatoms. The summed E-state index contributed by atoms with van der Waals surface area (Å²) in [6.45, 7) is 0.611. The number of hydrogen-bond acceptors (Lipinski definition) is 3. The van der Waals surface area contributed by atoms with Gasteiger partial charge in [0.05, 0.1) is 6.10 Å². The van der Waals surface area contributed by atoms with Crippen LogP contribution in [0.2, 0.25) is 10.0 Å². The second-order valence-corrected chi connectivity index (χ2v) is 5.57. The fourth-order valence-corrected chi connectivity index (χ4v) is 2.94. The number of aliphatic hydroxyl groups is 2. The van der Waals surface area contributed by atoms with Crippen molar-refractivity contribution in [3.63, 3.8) is 0 Å². The SMILES string of the molecule is OCC1CC(NCc2c(Cl)cccc2Cl)CC1O. The number of nitrogens with one attached hydrogen (secondary N) is 1. The first kappa shape index (κ1) is 14.1. The Labute approximate surface area is 117 Å². The summed E-state index contributed by atoms with van der Waals surface area (Å²) >= 11 is 12.2. The maximum Gasteiger partial charge on any atom is 0.0605 e. The van der Waals surface area contributed by atoms with Crippen molar-refractivity contribution in [2.45, 2.75) is 31.5 Å². The minimum atomic E-state index is -0.422. The van der Waals surface area contributed by atoms with Crippen molar-refractivity contribution >= 4 is 23.2 Å². The van der Waals surface area contributed by atoms with Crippen molar-refractivity contribution in [1.29, 1.82) is 0 Å². The van der Waals surface area contributed by atoms with E-state index in [0.717, 1.165) is 12.0 Å². The van der Waals surface area contributed by atoms with Crippen LogP contribution in [0.3, 0.4) is 0 Å². The Bertz CT molecular complexity index is 394. The normalized spacial score (nSPS) is 27.7. The van der Waals surface area contributed by atoms with Crippen molar-refractivity contribution in [1.82, 2.24) is 5.32 Å². The second-order valence-electron chi connectivity index (χ2n) is 4.76. The zero-order valence-electron chi connectivity index (χ0n) is 9.94. The average Bonchev–Trinajstić information content (AvgIpc) is 2.69. The number of hydrogen-bond donors (Lipinski definition) is 3. The van der Waals surface area contributed by atoms with Gasteiger partial charge in [0.15, 0.2) is 0 Å². The molecule has 1 fully saturated rings. The molecule has 2 rings (SSSR count). The molecule has 3 nitrogen and oxygen atoms in total. The second kappa shape index (κ2) is 6.22. The summed E-state index contributed by atoms with van der Waals surface area (Å²) in [4.78, 5) is 0. The van der Waals surface area contributed by atoms with Crippen LogP contribution in [0.15, 0.2) is 18.2 Å². The molecule has 0 spiro atoms. The Kier molecular flexibility index (Phi) is 4.87. The monoisotopic (exact) mass is 289 g/mol. The number of halogens is 2. The zero-order valence-corrected chi connectivity index (χ0v) is 11.5. The summed E-state index contributed by atoms with van der Waals surface area (Å²) < 4.78 is 0. The van der Waals surface area contributed by atoms with Crippen LogP contribution in [0.25, 0.3) is 0 Å². The average molecular weight is 290 g/mol. The van der Waals surface area contributed by atoms with Crippen LogP contribution in [0.1, 0.15) is 18.4 Å². The standard InChI is InChI=1S/C13H17Cl2NO2/c14-11-2-1-3-12(15)10(11)6-16-9-4-8(7-17)13(18)5-9/h1-3,8-9,13,16-18H,4-7H2. The minimum absolute atomic E-state index is 0.0239. The van der Waals surface area contributed by atoms with Crippen LogP contribution in [-0.4, -0.2) is 29.0 Å². The highest BCUT2D eigenvalue weighted by atomic mass is 35.5. The van der Waals surface area contributed by atoms with E-state index in [9.17, 15) is 5.11 Å². The highest BCUT2D eigenvalue weighted by molar-refractivity contribution is 6.35. The van der Waals surface area contributed by atoms with Gasteiger partial charge in [-0.3, -0.25) is 0 Å². The lowest BCUT2D eigenvalue weighted by Crippen LogP contribution is -2.26. The molecule has 1 aliphatic rings. The molecule has 100 valence electrons. The Morgan fingerprint density at radius 2 is 1.89 bits per heavy atom. The number of benzene rings is 1. The summed E-state index contributed by atoms with van der Waals surface area (Å²) in [6, 6.07) is 5.63. The molecule has 3 unspecified atom stereocenters. The Hall–Kier alpha value is -0.320. The highest BCUT2D eigenvalue weighted by Crippen LogP contribution is 2.28. The van der Waals surface area contributed by atoms with Gasteiger partial charge in [0, 0.05) is 40.7 Å². The first-order valence-corrected chi connectivity index (χ1v) is 6.82. The summed E-state index contributed by atoms with van der Waals surface area (Å²) in [5.74, 6) is -0.0239. The van der Waals surface area contributed by atoms with Gasteiger partial charge >= 0.3 is 0 Å². The quantitative estimate of drug-likeness (QED) is 0.797. The van der Waals surface area contributed by atoms with E-state index in [1.54, 1.807) is 0 Å². The van der Waals surface area contributed by atoms with E-state index < -0.39 is 6.10 Å². The predicted molar refractivity (Wildman–Crippen MR) is 72.9 cm³/mol. The van der Waals surface area contributed by atoms with E-state index in [2.05, 4.69) is 5.32 Å². The molecule has 1 aromatic rings. The van der Waals surface area contributed by atoms with E-state index in [1.165, 1.54) is 0 Å². The van der Waals surface area contributed by atoms with Crippen LogP contribution >= 0.6 is 23.2 Å². The molecular weight excluding hydrogens is 273 g/mol. The van der Waals surface area contributed by atoms with E-state index in [-0.39, 0.29) is 18.6 Å². The van der Waals surface area contributed by atoms with Crippen LogP contribution < -0.4 is 5.32 Å². The first-order chi connectivity index (χ1) is 8.61. The lowest BCUT2D eigenvalue weighted by atomic mass is 10.1. The fraction of sp³-hybridized carbons (Fsp3) is 0.538. The molecule has 3 atom stereocenters. The van der Waals surface area contributed by atoms with Crippen molar-refractivity contribution < 1.29 is 10.2 Å². The lowest BCUT2D eigenvalue weighted by molar-refractivity contribution is 0.0907.